The zero-order chi connectivity index (χ0) is 26.1. The number of carbonyl (C=O) groups is 1. The summed E-state index contributed by atoms with van der Waals surface area (Å²) in [6, 6.07) is 8.03. The molecular formula is C27H38FN5O2S. The first-order chi connectivity index (χ1) is 16.9. The Morgan fingerprint density at radius 2 is 1.81 bits per heavy atom. The van der Waals surface area contributed by atoms with Crippen LogP contribution in [0.2, 0.25) is 0 Å². The second-order valence-electron chi connectivity index (χ2n) is 11.8. The maximum Gasteiger partial charge on any atom is 0.259 e. The van der Waals surface area contributed by atoms with Crippen molar-refractivity contribution < 1.29 is 14.3 Å². The fourth-order valence-corrected chi connectivity index (χ4v) is 5.08. The van der Waals surface area contributed by atoms with Crippen LogP contribution in [0.15, 0.2) is 35.2 Å². The molecule has 0 radical (unpaired) electrons. The van der Waals surface area contributed by atoms with E-state index in [1.165, 1.54) is 36.9 Å². The summed E-state index contributed by atoms with van der Waals surface area (Å²) in [5, 5.41) is 15.8. The van der Waals surface area contributed by atoms with E-state index in [2.05, 4.69) is 20.3 Å². The number of amides is 1. The molecule has 1 spiro atoms. The highest BCUT2D eigenvalue weighted by molar-refractivity contribution is 7.97. The molecule has 0 unspecified atom stereocenters. The van der Waals surface area contributed by atoms with E-state index in [0.29, 0.717) is 33.2 Å². The fourth-order valence-electron chi connectivity index (χ4n) is 4.30. The molecule has 196 valence electrons. The second-order valence-corrected chi connectivity index (χ2v) is 12.7. The van der Waals surface area contributed by atoms with Gasteiger partial charge in [-0.25, -0.2) is 9.37 Å². The third-order valence-corrected chi connectivity index (χ3v) is 7.85. The average molecular weight is 516 g/mol. The molecule has 0 bridgehead atoms. The molecule has 2 fully saturated rings. The van der Waals surface area contributed by atoms with Crippen molar-refractivity contribution in [3.63, 3.8) is 0 Å². The highest BCUT2D eigenvalue weighted by Crippen LogP contribution is 2.54. The van der Waals surface area contributed by atoms with Gasteiger partial charge in [-0.05, 0) is 108 Å². The normalized spacial score (nSPS) is 17.2. The maximum atomic E-state index is 14.4. The molecule has 0 atom stereocenters. The molecule has 1 aromatic heterocycles. The summed E-state index contributed by atoms with van der Waals surface area (Å²) in [7, 11) is 0. The van der Waals surface area contributed by atoms with E-state index in [0.717, 1.165) is 25.9 Å². The van der Waals surface area contributed by atoms with Crippen molar-refractivity contribution in [1.82, 2.24) is 9.71 Å². The highest BCUT2D eigenvalue weighted by Gasteiger charge is 2.45. The Labute approximate surface area is 217 Å². The van der Waals surface area contributed by atoms with Crippen LogP contribution in [0, 0.1) is 11.2 Å². The molecule has 1 aromatic carbocycles. The third kappa shape index (κ3) is 6.89. The van der Waals surface area contributed by atoms with E-state index in [4.69, 9.17) is 4.98 Å². The zero-order valence-corrected chi connectivity index (χ0v) is 22.7. The van der Waals surface area contributed by atoms with Crippen LogP contribution < -0.4 is 20.3 Å². The van der Waals surface area contributed by atoms with Crippen molar-refractivity contribution in [3.05, 3.63) is 41.7 Å². The van der Waals surface area contributed by atoms with Crippen LogP contribution in [0.25, 0.3) is 0 Å². The lowest BCUT2D eigenvalue weighted by atomic mass is 9.93. The first kappa shape index (κ1) is 26.7. The topological polar surface area (TPSA) is 89.5 Å². The SMILES string of the molecule is CC(C)(C)NSc1cc(F)cc(NC(=O)c2ccc(NC(C)(C)CO)nc2N2CCC3(CC2)CC3)c1. The van der Waals surface area contributed by atoms with Gasteiger partial charge in [0.2, 0.25) is 0 Å². The van der Waals surface area contributed by atoms with Crippen molar-refractivity contribution in [2.75, 3.05) is 35.2 Å². The van der Waals surface area contributed by atoms with Gasteiger partial charge in [0.15, 0.2) is 0 Å². The van der Waals surface area contributed by atoms with E-state index in [1.807, 2.05) is 34.6 Å². The number of anilines is 3. The van der Waals surface area contributed by atoms with E-state index >= 15 is 0 Å². The van der Waals surface area contributed by atoms with Gasteiger partial charge in [-0.15, -0.1) is 0 Å². The molecule has 1 amide bonds. The van der Waals surface area contributed by atoms with E-state index < -0.39 is 11.4 Å². The van der Waals surface area contributed by atoms with Gasteiger partial charge in [-0.2, -0.15) is 0 Å². The summed E-state index contributed by atoms with van der Waals surface area (Å²) >= 11 is 1.33. The number of rotatable bonds is 8. The number of hydrogen-bond acceptors (Lipinski definition) is 7. The first-order valence-corrected chi connectivity index (χ1v) is 13.4. The largest absolute Gasteiger partial charge is 0.394 e. The summed E-state index contributed by atoms with van der Waals surface area (Å²) in [6.07, 6.45) is 4.78. The van der Waals surface area contributed by atoms with E-state index in [9.17, 15) is 14.3 Å². The lowest BCUT2D eigenvalue weighted by Gasteiger charge is -2.34. The molecule has 9 heteroatoms. The monoisotopic (exact) mass is 515 g/mol. The minimum Gasteiger partial charge on any atom is -0.394 e. The number of pyridine rings is 1. The standard InChI is InChI=1S/C27H38FN5O2S/c1-25(2,3)32-36-20-15-18(28)14-19(16-20)29-24(35)21-6-7-22(31-26(4,5)17-34)30-23(21)33-12-10-27(8-9-27)11-13-33/h6-7,14-16,32,34H,8-13,17H2,1-5H3,(H,29,35)(H,30,31). The number of piperidine rings is 1. The number of aliphatic hydroxyl groups excluding tert-OH is 1. The molecule has 1 aliphatic carbocycles. The predicted octanol–water partition coefficient (Wildman–Crippen LogP) is 5.43. The summed E-state index contributed by atoms with van der Waals surface area (Å²) in [5.74, 6) is 0.468. The number of carbonyl (C=O) groups excluding carboxylic acids is 1. The van der Waals surface area contributed by atoms with Crippen LogP contribution in [0.3, 0.4) is 0 Å². The number of halogens is 1. The second kappa shape index (κ2) is 10.2. The molecule has 4 rings (SSSR count). The molecule has 2 aliphatic rings. The predicted molar refractivity (Wildman–Crippen MR) is 145 cm³/mol. The summed E-state index contributed by atoms with van der Waals surface area (Å²) in [5.41, 5.74) is 0.632. The van der Waals surface area contributed by atoms with Crippen LogP contribution in [0.1, 0.15) is 70.7 Å². The Bertz CT molecular complexity index is 1100. The van der Waals surface area contributed by atoms with Gasteiger partial charge < -0.3 is 20.6 Å². The van der Waals surface area contributed by atoms with Crippen molar-refractivity contribution in [1.29, 1.82) is 0 Å². The first-order valence-electron chi connectivity index (χ1n) is 12.6. The third-order valence-electron chi connectivity index (χ3n) is 6.67. The van der Waals surface area contributed by atoms with Crippen molar-refractivity contribution in [3.8, 4) is 0 Å². The van der Waals surface area contributed by atoms with Crippen molar-refractivity contribution in [2.24, 2.45) is 5.41 Å². The van der Waals surface area contributed by atoms with Crippen LogP contribution in [-0.2, 0) is 0 Å². The van der Waals surface area contributed by atoms with Gasteiger partial charge in [0, 0.05) is 29.2 Å². The maximum absolute atomic E-state index is 14.4. The van der Waals surface area contributed by atoms with Gasteiger partial charge in [0.1, 0.15) is 17.5 Å². The van der Waals surface area contributed by atoms with Crippen LogP contribution in [0.4, 0.5) is 21.7 Å². The Kier molecular flexibility index (Phi) is 7.55. The molecule has 1 aliphatic heterocycles. The number of aliphatic hydroxyl groups is 1. The van der Waals surface area contributed by atoms with Crippen LogP contribution >= 0.6 is 11.9 Å². The molecule has 4 N–H and O–H groups in total. The molecule has 2 aromatic rings. The highest BCUT2D eigenvalue weighted by atomic mass is 32.2. The average Bonchev–Trinajstić information content (AvgIpc) is 3.56. The quantitative estimate of drug-likeness (QED) is 0.349. The van der Waals surface area contributed by atoms with Gasteiger partial charge in [-0.1, -0.05) is 0 Å². The molecule has 36 heavy (non-hydrogen) atoms. The van der Waals surface area contributed by atoms with Gasteiger partial charge >= 0.3 is 0 Å². The lowest BCUT2D eigenvalue weighted by molar-refractivity contribution is 0.102. The molecule has 1 saturated heterocycles. The van der Waals surface area contributed by atoms with Crippen molar-refractivity contribution in [2.45, 2.75) is 76.3 Å². The zero-order valence-electron chi connectivity index (χ0n) is 21.9. The number of benzene rings is 1. The Morgan fingerprint density at radius 1 is 1.11 bits per heavy atom. The summed E-state index contributed by atoms with van der Waals surface area (Å²) in [6.45, 7) is 11.5. The number of aromatic nitrogens is 1. The molecular weight excluding hydrogens is 477 g/mol. The van der Waals surface area contributed by atoms with E-state index in [1.54, 1.807) is 18.2 Å². The molecule has 1 saturated carbocycles. The van der Waals surface area contributed by atoms with Crippen molar-refractivity contribution >= 4 is 35.2 Å². The number of nitrogens with one attached hydrogen (secondary N) is 3. The summed E-state index contributed by atoms with van der Waals surface area (Å²) < 4.78 is 17.6. The smallest absolute Gasteiger partial charge is 0.259 e. The number of hydrogen-bond donors (Lipinski definition) is 4. The summed E-state index contributed by atoms with van der Waals surface area (Å²) in [4.78, 5) is 21.1. The fraction of sp³-hybridized carbons (Fsp3) is 0.556. The molecule has 2 heterocycles. The molecule has 7 nitrogen and oxygen atoms in total. The van der Waals surface area contributed by atoms with E-state index in [-0.39, 0.29) is 18.1 Å². The van der Waals surface area contributed by atoms with Gasteiger partial charge in [0.05, 0.1) is 17.7 Å². The minimum atomic E-state index is -0.551. The van der Waals surface area contributed by atoms with Gasteiger partial charge in [-0.3, -0.25) is 9.52 Å². The number of nitrogens with zero attached hydrogens (tertiary/aromatic N) is 2. The Hall–Kier alpha value is -2.36. The van der Waals surface area contributed by atoms with Crippen LogP contribution in [0.5, 0.6) is 0 Å². The minimum absolute atomic E-state index is 0.0531. The van der Waals surface area contributed by atoms with Gasteiger partial charge in [0.25, 0.3) is 5.91 Å². The Balaban J connectivity index is 1.57. The Morgan fingerprint density at radius 3 is 2.42 bits per heavy atom. The lowest BCUT2D eigenvalue weighted by Crippen LogP contribution is -2.38. The van der Waals surface area contributed by atoms with Crippen LogP contribution in [-0.4, -0.2) is 46.8 Å².